The van der Waals surface area contributed by atoms with E-state index in [9.17, 15) is 0 Å². The maximum Gasteiger partial charge on any atom is 0.222 e. The molecule has 0 aliphatic carbocycles. The van der Waals surface area contributed by atoms with Crippen LogP contribution in [0.2, 0.25) is 0 Å². The number of halogens is 1. The predicted octanol–water partition coefficient (Wildman–Crippen LogP) is 1.57. The van der Waals surface area contributed by atoms with E-state index in [4.69, 9.17) is 0 Å². The minimum atomic E-state index is 0.600. The van der Waals surface area contributed by atoms with Crippen molar-refractivity contribution in [2.45, 2.75) is 6.54 Å². The number of anilines is 1. The Bertz CT molecular complexity index is 383. The first-order chi connectivity index (χ1) is 6.84. The number of imidazole rings is 1. The summed E-state index contributed by atoms with van der Waals surface area (Å²) in [6.45, 7) is 0.641. The van der Waals surface area contributed by atoms with Crippen molar-refractivity contribution in [3.63, 3.8) is 0 Å². The highest BCUT2D eigenvalue weighted by Gasteiger charge is 1.96. The SMILES string of the molecule is Brc1cnc(NCc2cnc[nH]2)nc1. The molecule has 6 heteroatoms. The molecule has 0 saturated carbocycles. The molecule has 72 valence electrons. The highest BCUT2D eigenvalue weighted by atomic mass is 79.9. The van der Waals surface area contributed by atoms with Crippen molar-refractivity contribution in [1.29, 1.82) is 0 Å². The Morgan fingerprint density at radius 2 is 2.07 bits per heavy atom. The molecule has 2 N–H and O–H groups in total. The predicted molar refractivity (Wildman–Crippen MR) is 55.6 cm³/mol. The van der Waals surface area contributed by atoms with Crippen LogP contribution in [0.4, 0.5) is 5.95 Å². The van der Waals surface area contributed by atoms with Crippen LogP contribution in [0.25, 0.3) is 0 Å². The summed E-state index contributed by atoms with van der Waals surface area (Å²) in [7, 11) is 0. The van der Waals surface area contributed by atoms with Gasteiger partial charge in [-0.05, 0) is 15.9 Å². The third-order valence-electron chi connectivity index (χ3n) is 1.61. The molecule has 0 spiro atoms. The Morgan fingerprint density at radius 3 is 2.71 bits per heavy atom. The van der Waals surface area contributed by atoms with Crippen molar-refractivity contribution in [2.75, 3.05) is 5.32 Å². The maximum absolute atomic E-state index is 4.07. The van der Waals surface area contributed by atoms with E-state index in [1.165, 1.54) is 0 Å². The maximum atomic E-state index is 4.07. The number of hydrogen-bond acceptors (Lipinski definition) is 4. The molecule has 5 nitrogen and oxygen atoms in total. The Labute approximate surface area is 89.1 Å². The van der Waals surface area contributed by atoms with Gasteiger partial charge in [-0.3, -0.25) is 0 Å². The van der Waals surface area contributed by atoms with E-state index >= 15 is 0 Å². The fourth-order valence-corrected chi connectivity index (χ4v) is 1.16. The lowest BCUT2D eigenvalue weighted by Crippen LogP contribution is -2.03. The van der Waals surface area contributed by atoms with Gasteiger partial charge >= 0.3 is 0 Å². The monoisotopic (exact) mass is 253 g/mol. The fourth-order valence-electron chi connectivity index (χ4n) is 0.959. The van der Waals surface area contributed by atoms with Crippen LogP contribution in [0.1, 0.15) is 5.69 Å². The number of rotatable bonds is 3. The summed E-state index contributed by atoms with van der Waals surface area (Å²) in [6.07, 6.45) is 6.79. The molecule has 2 aromatic rings. The zero-order chi connectivity index (χ0) is 9.80. The molecule has 0 atom stereocenters. The quantitative estimate of drug-likeness (QED) is 0.872. The van der Waals surface area contributed by atoms with Crippen LogP contribution < -0.4 is 5.32 Å². The van der Waals surface area contributed by atoms with E-state index in [-0.39, 0.29) is 0 Å². The van der Waals surface area contributed by atoms with Gasteiger partial charge in [0.15, 0.2) is 0 Å². The minimum absolute atomic E-state index is 0.600. The van der Waals surface area contributed by atoms with Crippen LogP contribution in [0.15, 0.2) is 29.4 Å². The molecule has 0 aliphatic rings. The van der Waals surface area contributed by atoms with E-state index in [2.05, 4.69) is 41.2 Å². The molecule has 0 unspecified atom stereocenters. The van der Waals surface area contributed by atoms with Gasteiger partial charge in [0, 0.05) is 18.6 Å². The normalized spacial score (nSPS) is 10.1. The number of hydrogen-bond donors (Lipinski definition) is 2. The standard InChI is InChI=1S/C8H8BrN5/c9-6-1-11-8(12-2-6)13-4-7-3-10-5-14-7/h1-3,5H,4H2,(H,10,14)(H,11,12,13). The van der Waals surface area contributed by atoms with Crippen molar-refractivity contribution < 1.29 is 0 Å². The molecular weight excluding hydrogens is 246 g/mol. The van der Waals surface area contributed by atoms with E-state index < -0.39 is 0 Å². The van der Waals surface area contributed by atoms with Gasteiger partial charge in [0.25, 0.3) is 0 Å². The highest BCUT2D eigenvalue weighted by molar-refractivity contribution is 9.10. The highest BCUT2D eigenvalue weighted by Crippen LogP contribution is 2.07. The molecule has 0 amide bonds. The first-order valence-electron chi connectivity index (χ1n) is 4.03. The summed E-state index contributed by atoms with van der Waals surface area (Å²) in [5.41, 5.74) is 0.997. The summed E-state index contributed by atoms with van der Waals surface area (Å²) in [5, 5.41) is 3.06. The van der Waals surface area contributed by atoms with Gasteiger partial charge in [0.1, 0.15) is 0 Å². The molecule has 0 saturated heterocycles. The van der Waals surface area contributed by atoms with Crippen molar-refractivity contribution >= 4 is 21.9 Å². The molecule has 0 aromatic carbocycles. The summed E-state index contributed by atoms with van der Waals surface area (Å²) >= 11 is 3.27. The Morgan fingerprint density at radius 1 is 1.29 bits per heavy atom. The minimum Gasteiger partial charge on any atom is -0.349 e. The zero-order valence-corrected chi connectivity index (χ0v) is 8.82. The third-order valence-corrected chi connectivity index (χ3v) is 2.02. The lowest BCUT2D eigenvalue weighted by Gasteiger charge is -2.01. The molecule has 2 rings (SSSR count). The van der Waals surface area contributed by atoms with E-state index in [1.54, 1.807) is 24.9 Å². The Hall–Kier alpha value is -1.43. The Kier molecular flexibility index (Phi) is 2.73. The van der Waals surface area contributed by atoms with Crippen molar-refractivity contribution in [3.8, 4) is 0 Å². The number of nitrogens with zero attached hydrogens (tertiary/aromatic N) is 3. The zero-order valence-electron chi connectivity index (χ0n) is 7.24. The van der Waals surface area contributed by atoms with E-state index in [0.29, 0.717) is 12.5 Å². The lowest BCUT2D eigenvalue weighted by molar-refractivity contribution is 1.01. The third kappa shape index (κ3) is 2.29. The van der Waals surface area contributed by atoms with E-state index in [0.717, 1.165) is 10.2 Å². The molecule has 14 heavy (non-hydrogen) atoms. The van der Waals surface area contributed by atoms with Crippen molar-refractivity contribution in [3.05, 3.63) is 35.1 Å². The summed E-state index contributed by atoms with van der Waals surface area (Å²) in [4.78, 5) is 15.0. The molecule has 0 fully saturated rings. The van der Waals surface area contributed by atoms with Crippen LogP contribution in [-0.4, -0.2) is 19.9 Å². The van der Waals surface area contributed by atoms with Gasteiger partial charge < -0.3 is 10.3 Å². The fraction of sp³-hybridized carbons (Fsp3) is 0.125. The van der Waals surface area contributed by atoms with Crippen LogP contribution >= 0.6 is 15.9 Å². The number of aromatic nitrogens is 4. The number of H-pyrrole nitrogens is 1. The molecule has 0 bridgehead atoms. The van der Waals surface area contributed by atoms with Gasteiger partial charge in [-0.25, -0.2) is 15.0 Å². The summed E-state index contributed by atoms with van der Waals surface area (Å²) < 4.78 is 0.865. The average Bonchev–Trinajstić information content (AvgIpc) is 2.70. The lowest BCUT2D eigenvalue weighted by atomic mass is 10.5. The van der Waals surface area contributed by atoms with Crippen LogP contribution in [0.3, 0.4) is 0 Å². The number of nitrogens with one attached hydrogen (secondary N) is 2. The van der Waals surface area contributed by atoms with Gasteiger partial charge in [-0.1, -0.05) is 0 Å². The molecule has 0 aliphatic heterocycles. The first kappa shape index (κ1) is 9.14. The largest absolute Gasteiger partial charge is 0.349 e. The van der Waals surface area contributed by atoms with Crippen molar-refractivity contribution in [1.82, 2.24) is 19.9 Å². The van der Waals surface area contributed by atoms with E-state index in [1.807, 2.05) is 0 Å². The summed E-state index contributed by atoms with van der Waals surface area (Å²) in [6, 6.07) is 0. The van der Waals surface area contributed by atoms with Gasteiger partial charge in [-0.15, -0.1) is 0 Å². The second kappa shape index (κ2) is 4.19. The Balaban J connectivity index is 1.95. The van der Waals surface area contributed by atoms with Crippen LogP contribution in [0, 0.1) is 0 Å². The number of aromatic amines is 1. The molecule has 0 radical (unpaired) electrons. The summed E-state index contributed by atoms with van der Waals surface area (Å²) in [5.74, 6) is 0.600. The van der Waals surface area contributed by atoms with Gasteiger partial charge in [0.05, 0.1) is 23.0 Å². The van der Waals surface area contributed by atoms with Crippen LogP contribution in [0.5, 0.6) is 0 Å². The molecule has 2 aromatic heterocycles. The average molecular weight is 254 g/mol. The second-order valence-corrected chi connectivity index (χ2v) is 3.57. The molecule has 2 heterocycles. The molecular formula is C8H8BrN5. The first-order valence-corrected chi connectivity index (χ1v) is 4.82. The second-order valence-electron chi connectivity index (χ2n) is 2.66. The smallest absolute Gasteiger partial charge is 0.222 e. The topological polar surface area (TPSA) is 66.5 Å². The van der Waals surface area contributed by atoms with Gasteiger partial charge in [0.2, 0.25) is 5.95 Å². The van der Waals surface area contributed by atoms with Crippen LogP contribution in [-0.2, 0) is 6.54 Å². The van der Waals surface area contributed by atoms with Gasteiger partial charge in [-0.2, -0.15) is 0 Å². The van der Waals surface area contributed by atoms with Crippen molar-refractivity contribution in [2.24, 2.45) is 0 Å².